The van der Waals surface area contributed by atoms with Gasteiger partial charge < -0.3 is 0 Å². The zero-order chi connectivity index (χ0) is 11.9. The summed E-state index contributed by atoms with van der Waals surface area (Å²) in [5.74, 6) is -0.330. The number of aryl methyl sites for hydroxylation is 3. The molecule has 4 heteroatoms. The van der Waals surface area contributed by atoms with Crippen LogP contribution in [0.4, 0.5) is 4.39 Å². The summed E-state index contributed by atoms with van der Waals surface area (Å²) in [6.07, 6.45) is 0. The predicted molar refractivity (Wildman–Crippen MR) is 60.9 cm³/mol. The van der Waals surface area contributed by atoms with Crippen LogP contribution in [-0.2, 0) is 7.05 Å². The number of nitrogens with zero attached hydrogens (tertiary/aromatic N) is 1. The number of rotatable bonds is 1. The van der Waals surface area contributed by atoms with E-state index in [0.717, 1.165) is 11.3 Å². The predicted octanol–water partition coefficient (Wildman–Crippen LogP) is 2.14. The molecule has 0 saturated carbocycles. The van der Waals surface area contributed by atoms with Crippen molar-refractivity contribution in [2.45, 2.75) is 13.8 Å². The van der Waals surface area contributed by atoms with Gasteiger partial charge in [0.15, 0.2) is 0 Å². The quantitative estimate of drug-likeness (QED) is 0.785. The lowest BCUT2D eigenvalue weighted by Gasteiger charge is -2.03. The van der Waals surface area contributed by atoms with Gasteiger partial charge in [-0.25, -0.2) is 4.39 Å². The second kappa shape index (κ2) is 3.63. The number of H-pyrrole nitrogens is 1. The SMILES string of the molecule is Cc1ccc(F)cc1-c1c(C)[nH]n(C)c1=O. The van der Waals surface area contributed by atoms with Gasteiger partial charge in [-0.15, -0.1) is 0 Å². The fraction of sp³-hybridized carbons (Fsp3) is 0.250. The molecule has 2 aromatic rings. The van der Waals surface area contributed by atoms with Crippen molar-refractivity contribution in [2.24, 2.45) is 7.05 Å². The summed E-state index contributed by atoms with van der Waals surface area (Å²) in [5, 5.41) is 2.90. The van der Waals surface area contributed by atoms with Crippen LogP contribution in [0.15, 0.2) is 23.0 Å². The molecule has 0 aliphatic heterocycles. The Kier molecular flexibility index (Phi) is 2.42. The lowest BCUT2D eigenvalue weighted by Crippen LogP contribution is -2.13. The highest BCUT2D eigenvalue weighted by atomic mass is 19.1. The third-order valence-corrected chi connectivity index (χ3v) is 2.70. The molecule has 0 aliphatic carbocycles. The fourth-order valence-electron chi connectivity index (χ4n) is 1.87. The maximum Gasteiger partial charge on any atom is 0.274 e. The van der Waals surface area contributed by atoms with Crippen LogP contribution in [0, 0.1) is 19.7 Å². The number of aromatic nitrogens is 2. The average molecular weight is 220 g/mol. The molecule has 0 spiro atoms. The maximum absolute atomic E-state index is 13.2. The molecular formula is C12H13FN2O. The monoisotopic (exact) mass is 220 g/mol. The van der Waals surface area contributed by atoms with Crippen LogP contribution in [0.2, 0.25) is 0 Å². The van der Waals surface area contributed by atoms with Gasteiger partial charge in [-0.3, -0.25) is 14.6 Å². The molecule has 2 rings (SSSR count). The van der Waals surface area contributed by atoms with Crippen LogP contribution in [-0.4, -0.2) is 9.78 Å². The molecule has 0 unspecified atom stereocenters. The second-order valence-corrected chi connectivity index (χ2v) is 3.94. The standard InChI is InChI=1S/C12H13FN2O/c1-7-4-5-9(13)6-10(7)11-8(2)14-15(3)12(11)16/h4-6,14H,1-3H3. The average Bonchev–Trinajstić information content (AvgIpc) is 2.46. The molecule has 16 heavy (non-hydrogen) atoms. The van der Waals surface area contributed by atoms with Gasteiger partial charge in [-0.1, -0.05) is 6.07 Å². The summed E-state index contributed by atoms with van der Waals surface area (Å²) < 4.78 is 14.6. The normalized spacial score (nSPS) is 10.8. The van der Waals surface area contributed by atoms with Crippen molar-refractivity contribution in [1.29, 1.82) is 0 Å². The summed E-state index contributed by atoms with van der Waals surface area (Å²) in [7, 11) is 1.65. The van der Waals surface area contributed by atoms with E-state index in [-0.39, 0.29) is 11.4 Å². The van der Waals surface area contributed by atoms with Crippen LogP contribution in [0.3, 0.4) is 0 Å². The number of hydrogen-bond donors (Lipinski definition) is 1. The lowest BCUT2D eigenvalue weighted by atomic mass is 10.0. The van der Waals surface area contributed by atoms with Gasteiger partial charge in [0, 0.05) is 12.7 Å². The van der Waals surface area contributed by atoms with Gasteiger partial charge in [0.2, 0.25) is 0 Å². The molecule has 1 heterocycles. The van der Waals surface area contributed by atoms with Crippen LogP contribution >= 0.6 is 0 Å². The highest BCUT2D eigenvalue weighted by molar-refractivity contribution is 5.68. The third kappa shape index (κ3) is 1.56. The van der Waals surface area contributed by atoms with Crippen molar-refractivity contribution in [2.75, 3.05) is 0 Å². The van der Waals surface area contributed by atoms with Gasteiger partial charge in [0.05, 0.1) is 5.56 Å². The summed E-state index contributed by atoms with van der Waals surface area (Å²) >= 11 is 0. The van der Waals surface area contributed by atoms with E-state index in [0.29, 0.717) is 11.1 Å². The zero-order valence-corrected chi connectivity index (χ0v) is 9.47. The Morgan fingerprint density at radius 2 is 2.00 bits per heavy atom. The Balaban J connectivity index is 2.77. The highest BCUT2D eigenvalue weighted by Crippen LogP contribution is 2.23. The molecule has 84 valence electrons. The first-order valence-electron chi connectivity index (χ1n) is 5.03. The first kappa shape index (κ1) is 10.7. The maximum atomic E-state index is 13.2. The van der Waals surface area contributed by atoms with E-state index in [1.54, 1.807) is 20.0 Å². The van der Waals surface area contributed by atoms with Crippen LogP contribution in [0.5, 0.6) is 0 Å². The minimum absolute atomic E-state index is 0.133. The molecule has 1 aromatic heterocycles. The van der Waals surface area contributed by atoms with Crippen LogP contribution < -0.4 is 5.56 Å². The number of benzene rings is 1. The Hall–Kier alpha value is -1.84. The van der Waals surface area contributed by atoms with Gasteiger partial charge in [0.1, 0.15) is 5.82 Å². The number of aromatic amines is 1. The van der Waals surface area contributed by atoms with Crippen LogP contribution in [0.1, 0.15) is 11.3 Å². The van der Waals surface area contributed by atoms with E-state index in [4.69, 9.17) is 0 Å². The van der Waals surface area contributed by atoms with Crippen molar-refractivity contribution < 1.29 is 4.39 Å². The molecule has 1 aromatic carbocycles. The summed E-state index contributed by atoms with van der Waals surface area (Å²) in [6, 6.07) is 4.47. The minimum Gasteiger partial charge on any atom is -0.300 e. The van der Waals surface area contributed by atoms with Crippen molar-refractivity contribution >= 4 is 0 Å². The van der Waals surface area contributed by atoms with Gasteiger partial charge in [-0.05, 0) is 37.1 Å². The second-order valence-electron chi connectivity index (χ2n) is 3.94. The third-order valence-electron chi connectivity index (χ3n) is 2.70. The van der Waals surface area contributed by atoms with Gasteiger partial charge in [0.25, 0.3) is 5.56 Å². The molecule has 1 N–H and O–H groups in total. The van der Waals surface area contributed by atoms with E-state index in [9.17, 15) is 9.18 Å². The number of hydrogen-bond acceptors (Lipinski definition) is 1. The molecule has 0 radical (unpaired) electrons. The lowest BCUT2D eigenvalue weighted by molar-refractivity contribution is 0.628. The molecular weight excluding hydrogens is 207 g/mol. The molecule has 0 amide bonds. The molecule has 0 saturated heterocycles. The fourth-order valence-corrected chi connectivity index (χ4v) is 1.87. The smallest absolute Gasteiger partial charge is 0.274 e. The summed E-state index contributed by atoms with van der Waals surface area (Å²) in [5.41, 5.74) is 2.70. The largest absolute Gasteiger partial charge is 0.300 e. The van der Waals surface area contributed by atoms with Gasteiger partial charge >= 0.3 is 0 Å². The minimum atomic E-state index is -0.330. The molecule has 0 aliphatic rings. The van der Waals surface area contributed by atoms with Crippen molar-refractivity contribution in [3.63, 3.8) is 0 Å². The Labute approximate surface area is 92.5 Å². The zero-order valence-electron chi connectivity index (χ0n) is 9.47. The molecule has 0 atom stereocenters. The Morgan fingerprint density at radius 3 is 2.56 bits per heavy atom. The Bertz CT molecular complexity index is 596. The van der Waals surface area contributed by atoms with Crippen molar-refractivity contribution in [3.05, 3.63) is 45.6 Å². The summed E-state index contributed by atoms with van der Waals surface area (Å²) in [4.78, 5) is 11.9. The first-order valence-corrected chi connectivity index (χ1v) is 5.03. The first-order chi connectivity index (χ1) is 7.50. The van der Waals surface area contributed by atoms with E-state index in [1.807, 2.05) is 6.92 Å². The highest BCUT2D eigenvalue weighted by Gasteiger charge is 2.13. The van der Waals surface area contributed by atoms with E-state index >= 15 is 0 Å². The number of halogens is 1. The van der Waals surface area contributed by atoms with Gasteiger partial charge in [-0.2, -0.15) is 0 Å². The van der Waals surface area contributed by atoms with Crippen molar-refractivity contribution in [1.82, 2.24) is 9.78 Å². The molecule has 0 bridgehead atoms. The molecule has 0 fully saturated rings. The van der Waals surface area contributed by atoms with Crippen molar-refractivity contribution in [3.8, 4) is 11.1 Å². The van der Waals surface area contributed by atoms with Crippen LogP contribution in [0.25, 0.3) is 11.1 Å². The van der Waals surface area contributed by atoms with E-state index < -0.39 is 0 Å². The topological polar surface area (TPSA) is 37.8 Å². The van der Waals surface area contributed by atoms with E-state index in [2.05, 4.69) is 5.10 Å². The summed E-state index contributed by atoms with van der Waals surface area (Å²) in [6.45, 7) is 3.67. The number of nitrogens with one attached hydrogen (secondary N) is 1. The Morgan fingerprint density at radius 1 is 1.31 bits per heavy atom. The molecule has 3 nitrogen and oxygen atoms in total. The van der Waals surface area contributed by atoms with E-state index in [1.165, 1.54) is 16.8 Å².